The third-order valence-corrected chi connectivity index (χ3v) is 4.81. The Bertz CT molecular complexity index is 973. The average molecular weight is 418 g/mol. The number of benzene rings is 1. The number of hydrogen-bond acceptors (Lipinski definition) is 4. The Kier molecular flexibility index (Phi) is 7.61. The maximum Gasteiger partial charge on any atom is 0.330 e. The minimum atomic E-state index is -0.537. The second-order valence-corrected chi connectivity index (χ2v) is 8.20. The monoisotopic (exact) mass is 417 g/mol. The van der Waals surface area contributed by atoms with Crippen LogP contribution in [0, 0.1) is 19.8 Å². The van der Waals surface area contributed by atoms with Crippen LogP contribution in [0.4, 0.5) is 17.2 Å². The molecule has 1 aromatic carbocycles. The summed E-state index contributed by atoms with van der Waals surface area (Å²) in [7, 11) is 0. The Balaban J connectivity index is 2.50. The number of anilines is 3. The third-order valence-electron chi connectivity index (χ3n) is 4.49. The molecular formula is C21H31N5O2S. The number of nitrogens with one attached hydrogen (secondary N) is 2. The first-order valence-corrected chi connectivity index (χ1v) is 10.3. The topological polar surface area (TPSA) is 96.2 Å². The van der Waals surface area contributed by atoms with E-state index in [0.717, 1.165) is 29.7 Å². The quantitative estimate of drug-likeness (QED) is 0.598. The van der Waals surface area contributed by atoms with Gasteiger partial charge in [0.1, 0.15) is 5.82 Å². The molecule has 0 aliphatic carbocycles. The smallest absolute Gasteiger partial charge is 0.330 e. The van der Waals surface area contributed by atoms with E-state index in [4.69, 9.17) is 18.0 Å². The molecule has 0 aliphatic heterocycles. The molecule has 7 nitrogen and oxygen atoms in total. The summed E-state index contributed by atoms with van der Waals surface area (Å²) in [6, 6.07) is 6.05. The fourth-order valence-corrected chi connectivity index (χ4v) is 3.54. The predicted molar refractivity (Wildman–Crippen MR) is 125 cm³/mol. The van der Waals surface area contributed by atoms with Crippen molar-refractivity contribution < 1.29 is 0 Å². The highest BCUT2D eigenvalue weighted by Crippen LogP contribution is 2.21. The van der Waals surface area contributed by atoms with E-state index in [1.54, 1.807) is 4.90 Å². The van der Waals surface area contributed by atoms with Gasteiger partial charge in [-0.05, 0) is 61.7 Å². The van der Waals surface area contributed by atoms with Gasteiger partial charge in [0, 0.05) is 18.8 Å². The number of H-pyrrole nitrogens is 1. The molecule has 0 atom stereocenters. The van der Waals surface area contributed by atoms with Crippen molar-refractivity contribution >= 4 is 34.5 Å². The van der Waals surface area contributed by atoms with Crippen molar-refractivity contribution in [3.8, 4) is 0 Å². The number of thiocarbonyl (C=S) groups is 1. The zero-order chi connectivity index (χ0) is 21.7. The molecule has 0 aliphatic rings. The highest BCUT2D eigenvalue weighted by atomic mass is 32.1. The van der Waals surface area contributed by atoms with Crippen LogP contribution < -0.4 is 27.2 Å². The van der Waals surface area contributed by atoms with E-state index < -0.39 is 11.2 Å². The molecule has 2 aromatic rings. The van der Waals surface area contributed by atoms with Crippen molar-refractivity contribution in [2.24, 2.45) is 5.92 Å². The van der Waals surface area contributed by atoms with Crippen LogP contribution >= 0.6 is 12.2 Å². The molecule has 0 saturated heterocycles. The Labute approximate surface area is 176 Å². The molecule has 2 rings (SSSR count). The van der Waals surface area contributed by atoms with Crippen molar-refractivity contribution in [3.63, 3.8) is 0 Å². The first-order chi connectivity index (χ1) is 13.6. The molecule has 0 spiro atoms. The second kappa shape index (κ2) is 9.73. The fraction of sp³-hybridized carbons (Fsp3) is 0.476. The Morgan fingerprint density at radius 3 is 2.41 bits per heavy atom. The number of aromatic amines is 1. The number of aromatic nitrogens is 2. The van der Waals surface area contributed by atoms with Gasteiger partial charge in [0.05, 0.1) is 0 Å². The van der Waals surface area contributed by atoms with E-state index in [1.165, 1.54) is 4.57 Å². The maximum absolute atomic E-state index is 12.7. The summed E-state index contributed by atoms with van der Waals surface area (Å²) < 4.78 is 1.41. The van der Waals surface area contributed by atoms with Gasteiger partial charge in [0.2, 0.25) is 0 Å². The summed E-state index contributed by atoms with van der Waals surface area (Å²) in [5.41, 5.74) is 8.52. The first kappa shape index (κ1) is 22.7. The third kappa shape index (κ3) is 5.69. The van der Waals surface area contributed by atoms with Crippen molar-refractivity contribution in [2.75, 3.05) is 22.5 Å². The fourth-order valence-electron chi connectivity index (χ4n) is 3.26. The number of nitrogen functional groups attached to an aromatic ring is 1. The molecule has 8 heteroatoms. The maximum atomic E-state index is 12.7. The van der Waals surface area contributed by atoms with Gasteiger partial charge in [-0.1, -0.05) is 33.3 Å². The van der Waals surface area contributed by atoms with Crippen LogP contribution in [-0.2, 0) is 6.54 Å². The molecule has 0 bridgehead atoms. The Hall–Kier alpha value is -2.61. The summed E-state index contributed by atoms with van der Waals surface area (Å²) in [4.78, 5) is 29.0. The average Bonchev–Trinajstić information content (AvgIpc) is 2.59. The number of hydrogen-bond donors (Lipinski definition) is 3. The Morgan fingerprint density at radius 2 is 1.86 bits per heavy atom. The molecule has 29 heavy (non-hydrogen) atoms. The lowest BCUT2D eigenvalue weighted by molar-refractivity contribution is 0.601. The lowest BCUT2D eigenvalue weighted by Gasteiger charge is -2.28. The van der Waals surface area contributed by atoms with Gasteiger partial charge in [-0.25, -0.2) is 4.79 Å². The molecule has 0 fully saturated rings. The Morgan fingerprint density at radius 1 is 1.24 bits per heavy atom. The van der Waals surface area contributed by atoms with E-state index in [0.29, 0.717) is 18.2 Å². The van der Waals surface area contributed by atoms with Gasteiger partial charge >= 0.3 is 5.69 Å². The van der Waals surface area contributed by atoms with Gasteiger partial charge in [-0.15, -0.1) is 0 Å². The molecule has 158 valence electrons. The van der Waals surface area contributed by atoms with Crippen LogP contribution in [0.5, 0.6) is 0 Å². The van der Waals surface area contributed by atoms with E-state index in [2.05, 4.69) is 16.4 Å². The molecule has 0 amide bonds. The molecule has 0 saturated carbocycles. The summed E-state index contributed by atoms with van der Waals surface area (Å²) in [6.45, 7) is 11.0. The minimum Gasteiger partial charge on any atom is -0.383 e. The summed E-state index contributed by atoms with van der Waals surface area (Å²) in [6.07, 6.45) is 1.69. The predicted octanol–water partition coefficient (Wildman–Crippen LogP) is 3.40. The summed E-state index contributed by atoms with van der Waals surface area (Å²) >= 11 is 5.65. The van der Waals surface area contributed by atoms with E-state index >= 15 is 0 Å². The zero-order valence-corrected chi connectivity index (χ0v) is 18.7. The van der Waals surface area contributed by atoms with Gasteiger partial charge in [0.25, 0.3) is 5.56 Å². The molecule has 1 heterocycles. The number of aryl methyl sites for hydroxylation is 2. The number of nitrogens with zero attached hydrogens (tertiary/aromatic N) is 2. The zero-order valence-electron chi connectivity index (χ0n) is 17.8. The SMILES string of the molecule is CCCCn1c(N)c(N(CC(C)C)C(=S)Nc2cc(C)cc(C)c2)c(=O)[nH]c1=O. The standard InChI is InChI=1S/C21H31N5O2S/c1-6-7-8-25-18(22)17(19(27)24-20(25)28)26(12-13(2)3)21(29)23-16-10-14(4)9-15(5)11-16/h9-11,13H,6-8,12,22H2,1-5H3,(H,23,29)(H,24,27,28). The normalized spacial score (nSPS) is 11.0. The van der Waals surface area contributed by atoms with Crippen LogP contribution in [0.2, 0.25) is 0 Å². The van der Waals surface area contributed by atoms with Crippen LogP contribution in [0.3, 0.4) is 0 Å². The van der Waals surface area contributed by atoms with Gasteiger partial charge in [0.15, 0.2) is 10.8 Å². The second-order valence-electron chi connectivity index (χ2n) is 7.81. The highest BCUT2D eigenvalue weighted by Gasteiger charge is 2.23. The minimum absolute atomic E-state index is 0.137. The van der Waals surface area contributed by atoms with Crippen molar-refractivity contribution in [2.45, 2.75) is 54.0 Å². The van der Waals surface area contributed by atoms with Crippen LogP contribution in [0.1, 0.15) is 44.7 Å². The van der Waals surface area contributed by atoms with Crippen molar-refractivity contribution in [3.05, 3.63) is 50.2 Å². The van der Waals surface area contributed by atoms with Crippen molar-refractivity contribution in [1.82, 2.24) is 9.55 Å². The van der Waals surface area contributed by atoms with Gasteiger partial charge in [-0.3, -0.25) is 14.3 Å². The lowest BCUT2D eigenvalue weighted by atomic mass is 10.1. The lowest BCUT2D eigenvalue weighted by Crippen LogP contribution is -2.44. The molecule has 0 radical (unpaired) electrons. The van der Waals surface area contributed by atoms with Crippen LogP contribution in [0.15, 0.2) is 27.8 Å². The molecule has 0 unspecified atom stereocenters. The van der Waals surface area contributed by atoms with E-state index in [-0.39, 0.29) is 17.4 Å². The number of nitrogens with two attached hydrogens (primary N) is 1. The highest BCUT2D eigenvalue weighted by molar-refractivity contribution is 7.80. The molecular weight excluding hydrogens is 386 g/mol. The summed E-state index contributed by atoms with van der Waals surface area (Å²) in [5.74, 6) is 0.348. The largest absolute Gasteiger partial charge is 0.383 e. The summed E-state index contributed by atoms with van der Waals surface area (Å²) in [5, 5.41) is 3.58. The van der Waals surface area contributed by atoms with Crippen LogP contribution in [0.25, 0.3) is 0 Å². The first-order valence-electron chi connectivity index (χ1n) is 9.93. The van der Waals surface area contributed by atoms with E-state index in [1.807, 2.05) is 46.8 Å². The van der Waals surface area contributed by atoms with Crippen LogP contribution in [-0.4, -0.2) is 21.2 Å². The molecule has 4 N–H and O–H groups in total. The van der Waals surface area contributed by atoms with Crippen molar-refractivity contribution in [1.29, 1.82) is 0 Å². The number of unbranched alkanes of at least 4 members (excludes halogenated alkanes) is 1. The molecule has 1 aromatic heterocycles. The van der Waals surface area contributed by atoms with Gasteiger partial charge < -0.3 is 16.0 Å². The number of rotatable bonds is 7. The van der Waals surface area contributed by atoms with E-state index in [9.17, 15) is 9.59 Å². The van der Waals surface area contributed by atoms with Gasteiger partial charge in [-0.2, -0.15) is 0 Å².